The van der Waals surface area contributed by atoms with E-state index in [2.05, 4.69) is 9.73 Å². The van der Waals surface area contributed by atoms with Crippen molar-refractivity contribution in [2.24, 2.45) is 10.4 Å². The molecule has 0 fully saturated rings. The van der Waals surface area contributed by atoms with E-state index in [4.69, 9.17) is 4.74 Å². The van der Waals surface area contributed by atoms with Crippen molar-refractivity contribution in [3.05, 3.63) is 11.3 Å². The number of hydrogen-bond acceptors (Lipinski definition) is 5. The number of rotatable bonds is 5. The van der Waals surface area contributed by atoms with Crippen LogP contribution < -0.4 is 0 Å². The van der Waals surface area contributed by atoms with E-state index in [1.54, 1.807) is 0 Å². The molecule has 1 heterocycles. The van der Waals surface area contributed by atoms with Crippen molar-refractivity contribution in [2.75, 3.05) is 6.61 Å². The predicted molar refractivity (Wildman–Crippen MR) is 79.0 cm³/mol. The summed E-state index contributed by atoms with van der Waals surface area (Å²) in [6, 6.07) is 0. The van der Waals surface area contributed by atoms with Gasteiger partial charge < -0.3 is 14.6 Å². The van der Waals surface area contributed by atoms with Crippen LogP contribution in [0.1, 0.15) is 27.7 Å². The van der Waals surface area contributed by atoms with Gasteiger partial charge in [0.1, 0.15) is 17.2 Å². The van der Waals surface area contributed by atoms with Gasteiger partial charge >= 0.3 is 24.3 Å². The Balaban J connectivity index is 3.98. The van der Waals surface area contributed by atoms with E-state index in [1.807, 2.05) is 0 Å². The number of carbonyl (C=O) groups is 2. The van der Waals surface area contributed by atoms with Gasteiger partial charge in [0.25, 0.3) is 0 Å². The lowest BCUT2D eigenvalue weighted by Crippen LogP contribution is -2.57. The number of esters is 1. The molecule has 1 rings (SSSR count). The second-order valence-electron chi connectivity index (χ2n) is 6.01. The van der Waals surface area contributed by atoms with Gasteiger partial charge in [0, 0.05) is 0 Å². The summed E-state index contributed by atoms with van der Waals surface area (Å²) in [6.07, 6.45) is -14.5. The van der Waals surface area contributed by atoms with E-state index >= 15 is 0 Å². The lowest BCUT2D eigenvalue weighted by molar-refractivity contribution is -0.159. The first kappa shape index (κ1) is 22.9. The van der Waals surface area contributed by atoms with Crippen molar-refractivity contribution < 1.29 is 50.5 Å². The summed E-state index contributed by atoms with van der Waals surface area (Å²) in [5.41, 5.74) is -8.96. The smallest absolute Gasteiger partial charge is 0.433 e. The van der Waals surface area contributed by atoms with Gasteiger partial charge in [0.15, 0.2) is 5.70 Å². The van der Waals surface area contributed by atoms with Crippen LogP contribution in [0.5, 0.6) is 0 Å². The Morgan fingerprint density at radius 3 is 2.04 bits per heavy atom. The molecular weight excluding hydrogens is 388 g/mol. The van der Waals surface area contributed by atoms with E-state index in [0.29, 0.717) is 6.92 Å². The lowest BCUT2D eigenvalue weighted by Gasteiger charge is -2.40. The first-order chi connectivity index (χ1) is 12.1. The molecular formula is C15H17F6NO5. The molecule has 0 spiro atoms. The number of carboxylic acid groups (broad SMARTS) is 1. The number of hydrogen-bond donors (Lipinski definition) is 1. The maximum Gasteiger partial charge on any atom is 0.433 e. The fraction of sp³-hybridized carbons (Fsp3) is 0.667. The number of allylic oxidation sites excluding steroid dienone is 1. The monoisotopic (exact) mass is 405 g/mol. The van der Waals surface area contributed by atoms with Gasteiger partial charge in [0.2, 0.25) is 0 Å². The number of halogens is 6. The second-order valence-corrected chi connectivity index (χ2v) is 6.01. The molecule has 0 aromatic rings. The normalized spacial score (nSPS) is 24.1. The summed E-state index contributed by atoms with van der Waals surface area (Å²) in [5.74, 6) is -3.82. The van der Waals surface area contributed by atoms with Gasteiger partial charge in [-0.25, -0.2) is 9.79 Å². The number of carboxylic acids is 1. The van der Waals surface area contributed by atoms with Gasteiger partial charge in [-0.2, -0.15) is 26.3 Å². The summed E-state index contributed by atoms with van der Waals surface area (Å²) in [5, 5.41) is 9.42. The third kappa shape index (κ3) is 4.42. The molecule has 2 atom stereocenters. The largest absolute Gasteiger partial charge is 0.480 e. The van der Waals surface area contributed by atoms with E-state index in [1.165, 1.54) is 20.8 Å². The minimum absolute atomic E-state index is 0.401. The fourth-order valence-electron chi connectivity index (χ4n) is 2.50. The zero-order valence-corrected chi connectivity index (χ0v) is 14.7. The molecule has 27 heavy (non-hydrogen) atoms. The van der Waals surface area contributed by atoms with Crippen LogP contribution in [0.3, 0.4) is 0 Å². The highest BCUT2D eigenvalue weighted by Gasteiger charge is 2.63. The SMILES string of the molecule is CCOC(=O)C1=C(C(F)(F)F)N=C(C(F)(F)F)C(C)(C(=O)O)C1OC(C)C. The van der Waals surface area contributed by atoms with Crippen LogP contribution in [-0.2, 0) is 19.1 Å². The number of nitrogens with zero attached hydrogens (tertiary/aromatic N) is 1. The predicted octanol–water partition coefficient (Wildman–Crippen LogP) is 3.27. The van der Waals surface area contributed by atoms with E-state index < -0.39 is 65.5 Å². The van der Waals surface area contributed by atoms with Gasteiger partial charge in [-0.05, 0) is 27.7 Å². The molecule has 0 saturated heterocycles. The average molecular weight is 405 g/mol. The number of ether oxygens (including phenoxy) is 2. The van der Waals surface area contributed by atoms with Crippen LogP contribution in [-0.4, -0.2) is 53.9 Å². The number of alkyl halides is 6. The molecule has 0 aromatic heterocycles. The molecule has 2 unspecified atom stereocenters. The third-order valence-corrected chi connectivity index (χ3v) is 3.64. The quantitative estimate of drug-likeness (QED) is 0.561. The molecule has 0 aromatic carbocycles. The van der Waals surface area contributed by atoms with Gasteiger partial charge in [-0.15, -0.1) is 0 Å². The first-order valence-corrected chi connectivity index (χ1v) is 7.62. The van der Waals surface area contributed by atoms with Gasteiger partial charge in [0.05, 0.1) is 18.3 Å². The van der Waals surface area contributed by atoms with Crippen LogP contribution >= 0.6 is 0 Å². The van der Waals surface area contributed by atoms with Crippen molar-refractivity contribution >= 4 is 17.7 Å². The Morgan fingerprint density at radius 1 is 1.19 bits per heavy atom. The molecule has 1 N–H and O–H groups in total. The van der Waals surface area contributed by atoms with Crippen LogP contribution in [0.25, 0.3) is 0 Å². The van der Waals surface area contributed by atoms with Crippen LogP contribution in [0.2, 0.25) is 0 Å². The number of aliphatic imine (C=N–C) groups is 1. The molecule has 1 aliphatic rings. The Labute approximate surface area is 149 Å². The molecule has 0 saturated carbocycles. The van der Waals surface area contributed by atoms with Crippen LogP contribution in [0.4, 0.5) is 26.3 Å². The maximum absolute atomic E-state index is 13.4. The second kappa shape index (κ2) is 7.49. The first-order valence-electron chi connectivity index (χ1n) is 7.62. The Morgan fingerprint density at radius 2 is 1.70 bits per heavy atom. The topological polar surface area (TPSA) is 85.2 Å². The molecule has 0 radical (unpaired) electrons. The summed E-state index contributed by atoms with van der Waals surface area (Å²) in [6.45, 7) is 3.88. The minimum Gasteiger partial charge on any atom is -0.480 e. The highest BCUT2D eigenvalue weighted by molar-refractivity contribution is 6.13. The summed E-state index contributed by atoms with van der Waals surface area (Å²) in [4.78, 5) is 26.3. The van der Waals surface area contributed by atoms with Crippen molar-refractivity contribution in [1.82, 2.24) is 0 Å². The lowest BCUT2D eigenvalue weighted by atomic mass is 9.73. The molecule has 0 aliphatic carbocycles. The maximum atomic E-state index is 13.4. The van der Waals surface area contributed by atoms with E-state index in [0.717, 1.165) is 0 Å². The number of aliphatic carboxylic acids is 1. The molecule has 0 amide bonds. The van der Waals surface area contributed by atoms with Crippen molar-refractivity contribution in [3.8, 4) is 0 Å². The van der Waals surface area contributed by atoms with Gasteiger partial charge in [-0.3, -0.25) is 4.79 Å². The molecule has 154 valence electrons. The standard InChI is InChI=1S/C15H17F6NO5/c1-5-26-10(23)7-8(14(16,17)18)22-11(15(19,20)21)13(4,12(24)25)9(7)27-6(2)3/h6,9H,5H2,1-4H3,(H,24,25). The Kier molecular flexibility index (Phi) is 6.36. The highest BCUT2D eigenvalue weighted by Crippen LogP contribution is 2.47. The van der Waals surface area contributed by atoms with Crippen molar-refractivity contribution in [2.45, 2.75) is 52.3 Å². The summed E-state index contributed by atoms with van der Waals surface area (Å²) < 4.78 is 89.9. The van der Waals surface area contributed by atoms with Gasteiger partial charge in [-0.1, -0.05) is 0 Å². The molecule has 12 heteroatoms. The minimum atomic E-state index is -5.53. The van der Waals surface area contributed by atoms with Crippen molar-refractivity contribution in [1.29, 1.82) is 0 Å². The zero-order chi connectivity index (χ0) is 21.4. The third-order valence-electron chi connectivity index (χ3n) is 3.64. The molecule has 6 nitrogen and oxygen atoms in total. The van der Waals surface area contributed by atoms with Crippen LogP contribution in [0, 0.1) is 5.41 Å². The van der Waals surface area contributed by atoms with E-state index in [-0.39, 0.29) is 0 Å². The molecule has 0 bridgehead atoms. The van der Waals surface area contributed by atoms with E-state index in [9.17, 15) is 41.0 Å². The summed E-state index contributed by atoms with van der Waals surface area (Å²) >= 11 is 0. The highest BCUT2D eigenvalue weighted by atomic mass is 19.4. The Hall–Kier alpha value is -2.11. The number of carbonyl (C=O) groups excluding carboxylic acids is 1. The average Bonchev–Trinajstić information content (AvgIpc) is 2.45. The molecule has 1 aliphatic heterocycles. The zero-order valence-electron chi connectivity index (χ0n) is 14.7. The van der Waals surface area contributed by atoms with Crippen LogP contribution in [0.15, 0.2) is 16.3 Å². The van der Waals surface area contributed by atoms with Crippen molar-refractivity contribution in [3.63, 3.8) is 0 Å². The fourth-order valence-corrected chi connectivity index (χ4v) is 2.50. The summed E-state index contributed by atoms with van der Waals surface area (Å²) in [7, 11) is 0. The Bertz CT molecular complexity index is 679.